The van der Waals surface area contributed by atoms with Gasteiger partial charge in [0.25, 0.3) is 5.56 Å². The van der Waals surface area contributed by atoms with E-state index in [1.165, 1.54) is 24.4 Å². The van der Waals surface area contributed by atoms with Gasteiger partial charge in [-0.25, -0.2) is 9.37 Å². The Hall–Kier alpha value is -2.17. The highest BCUT2D eigenvalue weighted by Gasteiger charge is 2.01. The molecule has 2 rings (SSSR count). The van der Waals surface area contributed by atoms with Crippen molar-refractivity contribution >= 4 is 11.6 Å². The Kier molecular flexibility index (Phi) is 2.68. The molecule has 0 aliphatic rings. The summed E-state index contributed by atoms with van der Waals surface area (Å²) in [6, 6.07) is 5.67. The zero-order valence-electron chi connectivity index (χ0n) is 8.62. The molecule has 1 aromatic heterocycles. The van der Waals surface area contributed by atoms with Crippen LogP contribution in [0.1, 0.15) is 5.56 Å². The minimum atomic E-state index is -0.294. The summed E-state index contributed by atoms with van der Waals surface area (Å²) < 4.78 is 12.8. The van der Waals surface area contributed by atoms with Gasteiger partial charge in [-0.2, -0.15) is 0 Å². The molecule has 0 bridgehead atoms. The molecule has 5 heteroatoms. The Bertz CT molecular complexity index is 565. The summed E-state index contributed by atoms with van der Waals surface area (Å²) in [5.74, 6) is 0.0415. The Morgan fingerprint density at radius 2 is 2.19 bits per heavy atom. The molecule has 0 radical (unpaired) electrons. The lowest BCUT2D eigenvalue weighted by molar-refractivity contribution is 0.627. The lowest BCUT2D eigenvalue weighted by Crippen LogP contribution is -2.08. The van der Waals surface area contributed by atoms with Crippen LogP contribution in [0.25, 0.3) is 0 Å². The number of halogens is 1. The van der Waals surface area contributed by atoms with Crippen molar-refractivity contribution in [1.82, 2.24) is 9.97 Å². The highest BCUT2D eigenvalue weighted by atomic mass is 19.1. The molecular weight excluding hydrogens is 209 g/mol. The first-order valence-electron chi connectivity index (χ1n) is 4.73. The van der Waals surface area contributed by atoms with Gasteiger partial charge < -0.3 is 5.32 Å². The van der Waals surface area contributed by atoms with Gasteiger partial charge in [0.05, 0.1) is 0 Å². The lowest BCUT2D eigenvalue weighted by Gasteiger charge is -2.07. The van der Waals surface area contributed by atoms with Crippen LogP contribution in [0.2, 0.25) is 0 Å². The van der Waals surface area contributed by atoms with Crippen molar-refractivity contribution in [2.24, 2.45) is 0 Å². The first-order valence-corrected chi connectivity index (χ1v) is 4.73. The first-order chi connectivity index (χ1) is 7.65. The summed E-state index contributed by atoms with van der Waals surface area (Å²) >= 11 is 0. The van der Waals surface area contributed by atoms with E-state index in [2.05, 4.69) is 15.3 Å². The molecule has 0 saturated heterocycles. The highest BCUT2D eigenvalue weighted by Crippen LogP contribution is 2.18. The van der Waals surface area contributed by atoms with E-state index >= 15 is 0 Å². The Morgan fingerprint density at radius 3 is 2.88 bits per heavy atom. The molecule has 0 aliphatic heterocycles. The maximum Gasteiger partial charge on any atom is 0.252 e. The number of aromatic amines is 1. The number of H-pyrrole nitrogens is 1. The number of hydrogen-bond acceptors (Lipinski definition) is 3. The minimum absolute atomic E-state index is 0.239. The second kappa shape index (κ2) is 4.14. The van der Waals surface area contributed by atoms with Gasteiger partial charge in [-0.15, -0.1) is 0 Å². The zero-order chi connectivity index (χ0) is 11.5. The van der Waals surface area contributed by atoms with Gasteiger partial charge in [-0.3, -0.25) is 9.78 Å². The molecule has 1 aromatic carbocycles. The van der Waals surface area contributed by atoms with Crippen LogP contribution in [0.5, 0.6) is 0 Å². The predicted molar refractivity (Wildman–Crippen MR) is 59.3 cm³/mol. The largest absolute Gasteiger partial charge is 0.325 e. The number of nitrogens with zero attached hydrogens (tertiary/aromatic N) is 1. The molecule has 0 spiro atoms. The number of aryl methyl sites for hydroxylation is 1. The van der Waals surface area contributed by atoms with Gasteiger partial charge in [0, 0.05) is 18.0 Å². The van der Waals surface area contributed by atoms with E-state index in [4.69, 9.17) is 0 Å². The van der Waals surface area contributed by atoms with Gasteiger partial charge >= 0.3 is 0 Å². The van der Waals surface area contributed by atoms with Crippen molar-refractivity contribution < 1.29 is 4.39 Å². The van der Waals surface area contributed by atoms with E-state index in [9.17, 15) is 9.18 Å². The van der Waals surface area contributed by atoms with E-state index < -0.39 is 0 Å². The summed E-state index contributed by atoms with van der Waals surface area (Å²) in [5, 5.41) is 2.91. The fraction of sp³-hybridized carbons (Fsp3) is 0.0909. The van der Waals surface area contributed by atoms with Crippen molar-refractivity contribution in [3.8, 4) is 0 Å². The molecule has 0 amide bonds. The number of rotatable bonds is 2. The number of aromatic nitrogens is 2. The number of hydrogen-bond donors (Lipinski definition) is 2. The standard InChI is InChI=1S/C11H10FN3O/c1-7-6-8(12)2-3-9(7)14-11-13-5-4-10(16)15-11/h2-6H,1H3,(H2,13,14,15,16). The molecule has 2 N–H and O–H groups in total. The molecule has 82 valence electrons. The maximum atomic E-state index is 12.8. The first kappa shape index (κ1) is 10.4. The third-order valence-electron chi connectivity index (χ3n) is 2.11. The normalized spacial score (nSPS) is 10.1. The van der Waals surface area contributed by atoms with Crippen LogP contribution in [0, 0.1) is 12.7 Å². The summed E-state index contributed by atoms with van der Waals surface area (Å²) in [6.07, 6.45) is 1.40. The second-order valence-corrected chi connectivity index (χ2v) is 3.37. The van der Waals surface area contributed by atoms with Crippen LogP contribution < -0.4 is 10.9 Å². The average molecular weight is 219 g/mol. The monoisotopic (exact) mass is 219 g/mol. The van der Waals surface area contributed by atoms with Crippen LogP contribution in [-0.2, 0) is 0 Å². The van der Waals surface area contributed by atoms with Crippen molar-refractivity contribution in [1.29, 1.82) is 0 Å². The third-order valence-corrected chi connectivity index (χ3v) is 2.11. The zero-order valence-corrected chi connectivity index (χ0v) is 8.62. The van der Waals surface area contributed by atoms with Crippen molar-refractivity contribution in [3.63, 3.8) is 0 Å². The molecule has 0 unspecified atom stereocenters. The Balaban J connectivity index is 2.30. The van der Waals surface area contributed by atoms with Crippen LogP contribution in [0.15, 0.2) is 35.3 Å². The van der Waals surface area contributed by atoms with E-state index in [1.807, 2.05) is 0 Å². The molecule has 0 fully saturated rings. The Morgan fingerprint density at radius 1 is 1.38 bits per heavy atom. The Labute approximate surface area is 91.2 Å². The third kappa shape index (κ3) is 2.25. The predicted octanol–water partition coefficient (Wildman–Crippen LogP) is 1.96. The maximum absolute atomic E-state index is 12.8. The van der Waals surface area contributed by atoms with Crippen molar-refractivity contribution in [2.75, 3.05) is 5.32 Å². The van der Waals surface area contributed by atoms with E-state index in [-0.39, 0.29) is 11.4 Å². The summed E-state index contributed by atoms with van der Waals surface area (Å²) in [5.41, 5.74) is 1.21. The van der Waals surface area contributed by atoms with Gasteiger partial charge in [0.15, 0.2) is 0 Å². The van der Waals surface area contributed by atoms with Crippen LogP contribution in [0.4, 0.5) is 16.0 Å². The van der Waals surface area contributed by atoms with Crippen molar-refractivity contribution in [3.05, 3.63) is 52.2 Å². The second-order valence-electron chi connectivity index (χ2n) is 3.37. The van der Waals surface area contributed by atoms with Gasteiger partial charge in [0.2, 0.25) is 5.95 Å². The molecule has 2 aromatic rings. The molecule has 16 heavy (non-hydrogen) atoms. The van der Waals surface area contributed by atoms with Gasteiger partial charge in [0.1, 0.15) is 5.82 Å². The molecule has 0 aliphatic carbocycles. The van der Waals surface area contributed by atoms with Gasteiger partial charge in [-0.05, 0) is 30.7 Å². The minimum Gasteiger partial charge on any atom is -0.325 e. The molecular formula is C11H10FN3O. The van der Waals surface area contributed by atoms with Gasteiger partial charge in [-0.1, -0.05) is 0 Å². The molecule has 4 nitrogen and oxygen atoms in total. The number of nitrogens with one attached hydrogen (secondary N) is 2. The van der Waals surface area contributed by atoms with Crippen LogP contribution >= 0.6 is 0 Å². The van der Waals surface area contributed by atoms with Crippen LogP contribution in [0.3, 0.4) is 0 Å². The average Bonchev–Trinajstić information content (AvgIpc) is 2.22. The summed E-state index contributed by atoms with van der Waals surface area (Å²) in [6.45, 7) is 1.77. The quantitative estimate of drug-likeness (QED) is 0.811. The van der Waals surface area contributed by atoms with E-state index in [0.29, 0.717) is 11.6 Å². The molecule has 0 saturated carbocycles. The lowest BCUT2D eigenvalue weighted by atomic mass is 10.2. The van der Waals surface area contributed by atoms with E-state index in [0.717, 1.165) is 5.56 Å². The van der Waals surface area contributed by atoms with Crippen molar-refractivity contribution in [2.45, 2.75) is 6.92 Å². The summed E-state index contributed by atoms with van der Waals surface area (Å²) in [7, 11) is 0. The van der Waals surface area contributed by atoms with E-state index in [1.54, 1.807) is 13.0 Å². The molecule has 0 atom stereocenters. The summed E-state index contributed by atoms with van der Waals surface area (Å²) in [4.78, 5) is 17.5. The fourth-order valence-corrected chi connectivity index (χ4v) is 1.33. The smallest absolute Gasteiger partial charge is 0.252 e. The highest BCUT2D eigenvalue weighted by molar-refractivity contribution is 5.57. The topological polar surface area (TPSA) is 57.8 Å². The fourth-order valence-electron chi connectivity index (χ4n) is 1.33. The number of benzene rings is 1. The number of anilines is 2. The molecule has 1 heterocycles. The SMILES string of the molecule is Cc1cc(F)ccc1Nc1nccc(=O)[nH]1. The van der Waals surface area contributed by atoms with Crippen LogP contribution in [-0.4, -0.2) is 9.97 Å².